The normalized spacial score (nSPS) is 12.0. The molecule has 27 heavy (non-hydrogen) atoms. The predicted molar refractivity (Wildman–Crippen MR) is 105 cm³/mol. The van der Waals surface area contributed by atoms with Gasteiger partial charge in [-0.25, -0.2) is 16.8 Å². The van der Waals surface area contributed by atoms with Crippen molar-refractivity contribution >= 4 is 48.9 Å². The van der Waals surface area contributed by atoms with Crippen molar-refractivity contribution in [2.75, 3.05) is 29.9 Å². The second-order valence-corrected chi connectivity index (χ2v) is 9.86. The van der Waals surface area contributed by atoms with E-state index in [9.17, 15) is 21.6 Å². The molecule has 2 aromatic carbocycles. The number of nitrogens with zero attached hydrogens (tertiary/aromatic N) is 1. The van der Waals surface area contributed by atoms with Gasteiger partial charge < -0.3 is 5.32 Å². The van der Waals surface area contributed by atoms with E-state index in [1.54, 1.807) is 18.2 Å². The first-order chi connectivity index (χ1) is 12.5. The number of carbonyl (C=O) groups excluding carboxylic acids is 1. The number of hydrogen-bond donors (Lipinski definition) is 2. The van der Waals surface area contributed by atoms with Gasteiger partial charge in [0.05, 0.1) is 28.4 Å². The van der Waals surface area contributed by atoms with Crippen molar-refractivity contribution in [3.63, 3.8) is 0 Å². The summed E-state index contributed by atoms with van der Waals surface area (Å²) in [6.07, 6.45) is 0.980. The summed E-state index contributed by atoms with van der Waals surface area (Å²) in [5.74, 6) is -0.600. The van der Waals surface area contributed by atoms with Gasteiger partial charge in [-0.15, -0.1) is 0 Å². The number of likely N-dealkylation sites (N-methyl/N-ethyl adjacent to an activating group) is 1. The van der Waals surface area contributed by atoms with Crippen LogP contribution in [0.2, 0.25) is 5.02 Å². The molecule has 8 nitrogen and oxygen atoms in total. The number of sulfonamides is 2. The fourth-order valence-electron chi connectivity index (χ4n) is 2.01. The van der Waals surface area contributed by atoms with E-state index in [4.69, 9.17) is 11.6 Å². The van der Waals surface area contributed by atoms with Crippen molar-refractivity contribution in [3.05, 3.63) is 53.6 Å². The number of para-hydroxylation sites is 1. The number of anilines is 2. The topological polar surface area (TPSA) is 113 Å². The van der Waals surface area contributed by atoms with Crippen LogP contribution in [0.5, 0.6) is 0 Å². The minimum Gasteiger partial charge on any atom is -0.325 e. The maximum atomic E-state index is 12.5. The Morgan fingerprint density at radius 1 is 1.07 bits per heavy atom. The van der Waals surface area contributed by atoms with Crippen molar-refractivity contribution < 1.29 is 21.6 Å². The number of amides is 1. The lowest BCUT2D eigenvalue weighted by Crippen LogP contribution is -2.34. The van der Waals surface area contributed by atoms with Gasteiger partial charge in [0.1, 0.15) is 0 Å². The van der Waals surface area contributed by atoms with E-state index in [1.165, 1.54) is 37.4 Å². The van der Waals surface area contributed by atoms with E-state index in [2.05, 4.69) is 10.0 Å². The van der Waals surface area contributed by atoms with Crippen LogP contribution < -0.4 is 10.0 Å². The zero-order chi connectivity index (χ0) is 20.2. The molecule has 0 fully saturated rings. The summed E-state index contributed by atoms with van der Waals surface area (Å²) in [5, 5.41) is 2.71. The molecule has 0 bridgehead atoms. The third-order valence-corrected chi connectivity index (χ3v) is 6.43. The number of carbonyl (C=O) groups is 1. The van der Waals surface area contributed by atoms with Crippen molar-refractivity contribution in [2.24, 2.45) is 0 Å². The maximum absolute atomic E-state index is 12.5. The molecular weight excluding hydrogens is 414 g/mol. The minimum absolute atomic E-state index is 0.0864. The third kappa shape index (κ3) is 5.93. The summed E-state index contributed by atoms with van der Waals surface area (Å²) in [6, 6.07) is 11.9. The second kappa shape index (κ2) is 8.26. The number of rotatable bonds is 7. The maximum Gasteiger partial charge on any atom is 0.262 e. The van der Waals surface area contributed by atoms with Gasteiger partial charge in [-0.3, -0.25) is 9.52 Å². The summed E-state index contributed by atoms with van der Waals surface area (Å²) in [4.78, 5) is 11.9. The molecule has 11 heteroatoms. The highest BCUT2D eigenvalue weighted by Gasteiger charge is 2.18. The SMILES string of the molecule is CN(CC(=O)Nc1cccc(S(=O)(=O)Nc2ccccc2Cl)c1)S(C)(=O)=O. The molecule has 146 valence electrons. The molecule has 0 spiro atoms. The smallest absolute Gasteiger partial charge is 0.262 e. The first-order valence-corrected chi connectivity index (χ1v) is 11.3. The summed E-state index contributed by atoms with van der Waals surface area (Å²) < 4.78 is 51.0. The number of benzene rings is 2. The highest BCUT2D eigenvalue weighted by Crippen LogP contribution is 2.25. The van der Waals surface area contributed by atoms with Crippen LogP contribution >= 0.6 is 11.6 Å². The molecule has 0 aliphatic rings. The van der Waals surface area contributed by atoms with Crippen LogP contribution in [0.3, 0.4) is 0 Å². The lowest BCUT2D eigenvalue weighted by molar-refractivity contribution is -0.116. The number of halogens is 1. The van der Waals surface area contributed by atoms with Gasteiger partial charge in [0, 0.05) is 12.7 Å². The molecule has 0 radical (unpaired) electrons. The van der Waals surface area contributed by atoms with Gasteiger partial charge in [0.25, 0.3) is 10.0 Å². The average molecular weight is 432 g/mol. The summed E-state index contributed by atoms with van der Waals surface area (Å²) in [5.41, 5.74) is 0.437. The van der Waals surface area contributed by atoms with Crippen LogP contribution in [0.4, 0.5) is 11.4 Å². The quantitative estimate of drug-likeness (QED) is 0.695. The van der Waals surface area contributed by atoms with Crippen LogP contribution in [0.25, 0.3) is 0 Å². The molecule has 0 unspecified atom stereocenters. The molecule has 2 aromatic rings. The number of hydrogen-bond acceptors (Lipinski definition) is 5. The van der Waals surface area contributed by atoms with Gasteiger partial charge in [0.15, 0.2) is 0 Å². The molecule has 0 atom stereocenters. The largest absolute Gasteiger partial charge is 0.325 e. The third-order valence-electron chi connectivity index (χ3n) is 3.48. The lowest BCUT2D eigenvalue weighted by atomic mass is 10.3. The lowest BCUT2D eigenvalue weighted by Gasteiger charge is -2.14. The zero-order valence-corrected chi connectivity index (χ0v) is 16.9. The van der Waals surface area contributed by atoms with Crippen molar-refractivity contribution in [3.8, 4) is 0 Å². The highest BCUT2D eigenvalue weighted by molar-refractivity contribution is 7.92. The monoisotopic (exact) mass is 431 g/mol. The Labute approximate surface area is 163 Å². The second-order valence-electron chi connectivity index (χ2n) is 5.68. The summed E-state index contributed by atoms with van der Waals surface area (Å²) >= 11 is 5.97. The average Bonchev–Trinajstić information content (AvgIpc) is 2.56. The van der Waals surface area contributed by atoms with Gasteiger partial charge in [-0.1, -0.05) is 29.8 Å². The Bertz CT molecular complexity index is 1060. The molecule has 0 aromatic heterocycles. The Hall–Kier alpha value is -2.14. The van der Waals surface area contributed by atoms with Crippen molar-refractivity contribution in [1.82, 2.24) is 4.31 Å². The fraction of sp³-hybridized carbons (Fsp3) is 0.188. The van der Waals surface area contributed by atoms with Crippen molar-refractivity contribution in [2.45, 2.75) is 4.90 Å². The molecule has 1 amide bonds. The van der Waals surface area contributed by atoms with Gasteiger partial charge in [0.2, 0.25) is 15.9 Å². The molecule has 0 aliphatic heterocycles. The standard InChI is InChI=1S/C16H18ClN3O5S2/c1-20(26(2,22)23)11-16(21)18-12-6-5-7-13(10-12)27(24,25)19-15-9-4-3-8-14(15)17/h3-10,19H,11H2,1-2H3,(H,18,21). The molecule has 0 saturated heterocycles. The van der Waals surface area contributed by atoms with Crippen LogP contribution in [0.15, 0.2) is 53.4 Å². The van der Waals surface area contributed by atoms with Gasteiger partial charge >= 0.3 is 0 Å². The van der Waals surface area contributed by atoms with E-state index < -0.39 is 32.5 Å². The zero-order valence-electron chi connectivity index (χ0n) is 14.5. The Kier molecular flexibility index (Phi) is 6.47. The Morgan fingerprint density at radius 3 is 2.37 bits per heavy atom. The van der Waals surface area contributed by atoms with Crippen LogP contribution in [-0.2, 0) is 24.8 Å². The molecule has 0 heterocycles. The van der Waals surface area contributed by atoms with Gasteiger partial charge in [-0.2, -0.15) is 4.31 Å². The van der Waals surface area contributed by atoms with Crippen LogP contribution in [-0.4, -0.2) is 46.9 Å². The van der Waals surface area contributed by atoms with E-state index in [0.717, 1.165) is 10.6 Å². The molecule has 2 rings (SSSR count). The van der Waals surface area contributed by atoms with E-state index in [-0.39, 0.29) is 21.3 Å². The first kappa shape index (κ1) is 21.2. The van der Waals surface area contributed by atoms with E-state index in [0.29, 0.717) is 0 Å². The van der Waals surface area contributed by atoms with E-state index >= 15 is 0 Å². The fourth-order valence-corrected chi connectivity index (χ4v) is 3.72. The highest BCUT2D eigenvalue weighted by atomic mass is 35.5. The molecule has 2 N–H and O–H groups in total. The molecular formula is C16H18ClN3O5S2. The van der Waals surface area contributed by atoms with Crippen LogP contribution in [0.1, 0.15) is 0 Å². The van der Waals surface area contributed by atoms with Gasteiger partial charge in [-0.05, 0) is 30.3 Å². The Balaban J connectivity index is 2.17. The molecule has 0 aliphatic carbocycles. The van der Waals surface area contributed by atoms with Crippen LogP contribution in [0, 0.1) is 0 Å². The summed E-state index contributed by atoms with van der Waals surface area (Å²) in [7, 11) is -6.17. The first-order valence-electron chi connectivity index (χ1n) is 7.57. The minimum atomic E-state index is -3.93. The van der Waals surface area contributed by atoms with Crippen molar-refractivity contribution in [1.29, 1.82) is 0 Å². The molecule has 0 saturated carbocycles. The number of nitrogens with one attached hydrogen (secondary N) is 2. The summed E-state index contributed by atoms with van der Waals surface area (Å²) in [6.45, 7) is -0.395. The van der Waals surface area contributed by atoms with E-state index in [1.807, 2.05) is 0 Å². The predicted octanol–water partition coefficient (Wildman–Crippen LogP) is 1.97. The Morgan fingerprint density at radius 2 is 1.74 bits per heavy atom.